The van der Waals surface area contributed by atoms with Gasteiger partial charge in [-0.3, -0.25) is 4.79 Å². The fourth-order valence-electron chi connectivity index (χ4n) is 3.98. The molecule has 1 fully saturated rings. The minimum absolute atomic E-state index is 0.0161. The quantitative estimate of drug-likeness (QED) is 0.395. The summed E-state index contributed by atoms with van der Waals surface area (Å²) in [5.41, 5.74) is 0.234. The van der Waals surface area contributed by atoms with Crippen molar-refractivity contribution in [3.05, 3.63) is 29.3 Å². The number of hydrogen-bond donors (Lipinski definition) is 5. The number of benzene rings is 1. The first-order valence-electron chi connectivity index (χ1n) is 11.4. The van der Waals surface area contributed by atoms with Crippen LogP contribution in [0.15, 0.2) is 18.2 Å². The van der Waals surface area contributed by atoms with Crippen molar-refractivity contribution in [2.75, 3.05) is 6.61 Å². The highest BCUT2D eigenvalue weighted by molar-refractivity contribution is 5.97. The predicted octanol–water partition coefficient (Wildman–Crippen LogP) is 1.05. The summed E-state index contributed by atoms with van der Waals surface area (Å²) in [5.74, 6) is -0.965. The summed E-state index contributed by atoms with van der Waals surface area (Å²) in [5, 5.41) is 50.1. The van der Waals surface area contributed by atoms with Crippen molar-refractivity contribution < 1.29 is 49.3 Å². The van der Waals surface area contributed by atoms with Crippen molar-refractivity contribution in [1.82, 2.24) is 0 Å². The van der Waals surface area contributed by atoms with Crippen LogP contribution >= 0.6 is 0 Å². The first-order valence-corrected chi connectivity index (χ1v) is 11.4. The van der Waals surface area contributed by atoms with Crippen molar-refractivity contribution in [1.29, 1.82) is 0 Å². The minimum Gasteiger partial charge on any atom is -0.507 e. The summed E-state index contributed by atoms with van der Waals surface area (Å²) in [6.45, 7) is 1.10. The van der Waals surface area contributed by atoms with Crippen molar-refractivity contribution in [2.45, 2.75) is 82.3 Å². The Morgan fingerprint density at radius 3 is 2.53 bits per heavy atom. The number of hydrogen-bond acceptors (Lipinski definition) is 10. The molecule has 5 N–H and O–H groups in total. The Labute approximate surface area is 197 Å². The molecule has 0 radical (unpaired) electrons. The second-order valence-electron chi connectivity index (χ2n) is 8.66. The molecule has 34 heavy (non-hydrogen) atoms. The van der Waals surface area contributed by atoms with Gasteiger partial charge in [-0.25, -0.2) is 4.79 Å². The van der Waals surface area contributed by atoms with Gasteiger partial charge in [0.1, 0.15) is 47.3 Å². The number of ketones is 1. The molecule has 1 aromatic rings. The molecule has 0 aromatic heterocycles. The SMILES string of the molecule is CC1CCCC(=O)CCC/C=C\c2cc(OC3OC(CO)C(O)C(O)C3O)cc(O)c2C(=O)O1. The molecule has 2 aliphatic rings. The van der Waals surface area contributed by atoms with Crippen LogP contribution in [0, 0.1) is 0 Å². The Morgan fingerprint density at radius 1 is 1.06 bits per heavy atom. The van der Waals surface area contributed by atoms with E-state index >= 15 is 0 Å². The number of Topliss-reactive ketones (excluding diaryl/α,β-unsaturated/α-hetero) is 1. The van der Waals surface area contributed by atoms with Crippen LogP contribution in [-0.4, -0.2) is 80.7 Å². The lowest BCUT2D eigenvalue weighted by Gasteiger charge is -2.39. The third kappa shape index (κ3) is 6.34. The molecule has 0 spiro atoms. The normalized spacial score (nSPS) is 32.3. The molecule has 3 rings (SSSR count). The Balaban J connectivity index is 1.88. The smallest absolute Gasteiger partial charge is 0.342 e. The molecule has 2 heterocycles. The van der Waals surface area contributed by atoms with Crippen LogP contribution in [0.25, 0.3) is 6.08 Å². The standard InChI is InChI=1S/C24H32O10/c1-13-6-5-9-15(26)8-4-2-3-7-14-10-16(11-17(27)19(14)23(31)32-13)33-24-22(30)21(29)20(28)18(12-25)34-24/h3,7,10-11,13,18,20-22,24-25,27-30H,2,4-6,8-9,12H2,1H3/b7-3-. The van der Waals surface area contributed by atoms with Gasteiger partial charge in [0.25, 0.3) is 0 Å². The maximum absolute atomic E-state index is 12.8. The lowest BCUT2D eigenvalue weighted by atomic mass is 9.99. The number of phenolic OH excluding ortho intramolecular Hbond substituents is 1. The van der Waals surface area contributed by atoms with E-state index in [-0.39, 0.29) is 17.1 Å². The van der Waals surface area contributed by atoms with E-state index in [9.17, 15) is 35.1 Å². The number of aromatic hydroxyl groups is 1. The van der Waals surface area contributed by atoms with Crippen LogP contribution in [0.2, 0.25) is 0 Å². The van der Waals surface area contributed by atoms with E-state index in [0.717, 1.165) is 6.07 Å². The molecule has 0 bridgehead atoms. The molecule has 10 nitrogen and oxygen atoms in total. The third-order valence-corrected chi connectivity index (χ3v) is 5.92. The van der Waals surface area contributed by atoms with Gasteiger partial charge in [0.05, 0.1) is 12.7 Å². The Morgan fingerprint density at radius 2 is 1.79 bits per heavy atom. The first kappa shape index (κ1) is 26.1. The second kappa shape index (κ2) is 11.8. The maximum Gasteiger partial charge on any atom is 0.342 e. The lowest BCUT2D eigenvalue weighted by Crippen LogP contribution is -2.60. The van der Waals surface area contributed by atoms with Gasteiger partial charge >= 0.3 is 5.97 Å². The van der Waals surface area contributed by atoms with E-state index in [1.807, 2.05) is 0 Å². The fourth-order valence-corrected chi connectivity index (χ4v) is 3.98. The topological polar surface area (TPSA) is 163 Å². The summed E-state index contributed by atoms with van der Waals surface area (Å²) in [6.07, 6.45) is -1.24. The zero-order valence-corrected chi connectivity index (χ0v) is 19.0. The molecule has 0 amide bonds. The number of fused-ring (bicyclic) bond motifs is 1. The number of carbonyl (C=O) groups is 2. The van der Waals surface area contributed by atoms with E-state index in [1.165, 1.54) is 6.07 Å². The molecular weight excluding hydrogens is 448 g/mol. The number of rotatable bonds is 3. The van der Waals surface area contributed by atoms with Crippen LogP contribution in [0.1, 0.15) is 61.4 Å². The number of allylic oxidation sites excluding steroid dienone is 1. The summed E-state index contributed by atoms with van der Waals surface area (Å²) in [7, 11) is 0. The van der Waals surface area contributed by atoms with Gasteiger partial charge in [0.2, 0.25) is 6.29 Å². The van der Waals surface area contributed by atoms with Crippen molar-refractivity contribution in [3.8, 4) is 11.5 Å². The van der Waals surface area contributed by atoms with E-state index in [2.05, 4.69) is 0 Å². The van der Waals surface area contributed by atoms with Crippen LogP contribution < -0.4 is 4.74 Å². The Hall–Kier alpha value is -2.50. The average Bonchev–Trinajstić information content (AvgIpc) is 2.78. The predicted molar refractivity (Wildman–Crippen MR) is 119 cm³/mol. The highest BCUT2D eigenvalue weighted by Crippen LogP contribution is 2.33. The van der Waals surface area contributed by atoms with Crippen molar-refractivity contribution >= 4 is 17.8 Å². The summed E-state index contributed by atoms with van der Waals surface area (Å²) in [4.78, 5) is 24.8. The minimum atomic E-state index is -1.63. The van der Waals surface area contributed by atoms with Crippen molar-refractivity contribution in [2.24, 2.45) is 0 Å². The van der Waals surface area contributed by atoms with Crippen LogP contribution in [-0.2, 0) is 14.3 Å². The molecule has 1 saturated heterocycles. The highest BCUT2D eigenvalue weighted by atomic mass is 16.7. The molecule has 6 atom stereocenters. The van der Waals surface area contributed by atoms with Gasteiger partial charge in [0, 0.05) is 18.9 Å². The fraction of sp³-hybridized carbons (Fsp3) is 0.583. The van der Waals surface area contributed by atoms with Crippen LogP contribution in [0.3, 0.4) is 0 Å². The molecule has 6 unspecified atom stereocenters. The van der Waals surface area contributed by atoms with E-state index < -0.39 is 55.1 Å². The number of phenols is 1. The molecule has 1 aromatic carbocycles. The zero-order chi connectivity index (χ0) is 24.8. The number of ether oxygens (including phenoxy) is 3. The molecule has 0 aliphatic carbocycles. The number of aliphatic hydroxyl groups is 4. The van der Waals surface area contributed by atoms with Gasteiger partial charge in [-0.15, -0.1) is 0 Å². The Kier molecular flexibility index (Phi) is 9.03. The molecule has 0 saturated carbocycles. The monoisotopic (exact) mass is 480 g/mol. The summed E-state index contributed by atoms with van der Waals surface area (Å²) in [6, 6.07) is 2.60. The molecule has 10 heteroatoms. The number of cyclic esters (lactones) is 1. The summed E-state index contributed by atoms with van der Waals surface area (Å²) >= 11 is 0. The van der Waals surface area contributed by atoms with Gasteiger partial charge in [-0.1, -0.05) is 12.2 Å². The Bertz CT molecular complexity index is 896. The second-order valence-corrected chi connectivity index (χ2v) is 8.66. The average molecular weight is 481 g/mol. The van der Waals surface area contributed by atoms with Crippen molar-refractivity contribution in [3.63, 3.8) is 0 Å². The van der Waals surface area contributed by atoms with Gasteiger partial charge in [-0.05, 0) is 44.2 Å². The van der Waals surface area contributed by atoms with E-state index in [4.69, 9.17) is 14.2 Å². The van der Waals surface area contributed by atoms with E-state index in [0.29, 0.717) is 44.1 Å². The number of aliphatic hydroxyl groups excluding tert-OH is 4. The summed E-state index contributed by atoms with van der Waals surface area (Å²) < 4.78 is 16.4. The van der Waals surface area contributed by atoms with Crippen LogP contribution in [0.4, 0.5) is 0 Å². The molecule has 188 valence electrons. The zero-order valence-electron chi connectivity index (χ0n) is 19.0. The highest BCUT2D eigenvalue weighted by Gasteiger charge is 2.44. The largest absolute Gasteiger partial charge is 0.507 e. The molecular formula is C24H32O10. The third-order valence-electron chi connectivity index (χ3n) is 5.92. The van der Waals surface area contributed by atoms with Crippen LogP contribution in [0.5, 0.6) is 11.5 Å². The van der Waals surface area contributed by atoms with Gasteiger partial charge in [-0.2, -0.15) is 0 Å². The first-order chi connectivity index (χ1) is 16.2. The van der Waals surface area contributed by atoms with Gasteiger partial charge < -0.3 is 39.7 Å². The maximum atomic E-state index is 12.8. The van der Waals surface area contributed by atoms with E-state index in [1.54, 1.807) is 19.1 Å². The number of carbonyl (C=O) groups excluding carboxylic acids is 2. The molecule has 2 aliphatic heterocycles. The lowest BCUT2D eigenvalue weighted by molar-refractivity contribution is -0.277. The van der Waals surface area contributed by atoms with Gasteiger partial charge in [0.15, 0.2) is 0 Å². The number of esters is 1.